The molecule has 0 radical (unpaired) electrons. The number of hydrogen-bond acceptors (Lipinski definition) is 5. The van der Waals surface area contributed by atoms with E-state index in [1.807, 2.05) is 0 Å². The molecule has 0 spiro atoms. The topological polar surface area (TPSA) is 79.8 Å². The molecule has 1 fully saturated rings. The van der Waals surface area contributed by atoms with Crippen LogP contribution in [0.3, 0.4) is 0 Å². The number of rotatable bonds is 7. The predicted molar refractivity (Wildman–Crippen MR) is 93.3 cm³/mol. The Balaban J connectivity index is 0.00000208. The minimum absolute atomic E-state index is 0. The Labute approximate surface area is 152 Å². The summed E-state index contributed by atoms with van der Waals surface area (Å²) in [7, 11) is 0. The molecule has 0 saturated heterocycles. The number of halogens is 2. The van der Waals surface area contributed by atoms with Gasteiger partial charge >= 0.3 is 0 Å². The molecule has 24 heavy (non-hydrogen) atoms. The zero-order chi connectivity index (χ0) is 16.2. The van der Waals surface area contributed by atoms with Crippen LogP contribution in [0.15, 0.2) is 12.1 Å². The van der Waals surface area contributed by atoms with Gasteiger partial charge in [-0.05, 0) is 43.0 Å². The number of fused-ring (bicyclic) bond motifs is 1. The first kappa shape index (κ1) is 19.1. The fourth-order valence-corrected chi connectivity index (χ4v) is 2.70. The molecule has 1 saturated carbocycles. The number of nitrogens with one attached hydrogen (secondary N) is 2. The summed E-state index contributed by atoms with van der Waals surface area (Å²) in [6.45, 7) is 2.18. The zero-order valence-corrected chi connectivity index (χ0v) is 14.8. The standard InChI is InChI=1S/C16H21ClN2O4.ClH/c17-12-5-11(6-14-16(12)23-4-3-22-14)13(20)8-19-15(21)9-18-7-10-1-2-10;/h5-6,10,13,18,20H,1-4,7-9H2,(H,19,21);1H. The van der Waals surface area contributed by atoms with Crippen molar-refractivity contribution < 1.29 is 19.4 Å². The van der Waals surface area contributed by atoms with E-state index < -0.39 is 6.10 Å². The average Bonchev–Trinajstić information content (AvgIpc) is 3.37. The second-order valence-corrected chi connectivity index (χ2v) is 6.33. The summed E-state index contributed by atoms with van der Waals surface area (Å²) in [5.74, 6) is 1.62. The van der Waals surface area contributed by atoms with Crippen LogP contribution in [0, 0.1) is 5.92 Å². The third kappa shape index (κ3) is 5.14. The van der Waals surface area contributed by atoms with E-state index in [9.17, 15) is 9.90 Å². The van der Waals surface area contributed by atoms with E-state index in [-0.39, 0.29) is 31.4 Å². The van der Waals surface area contributed by atoms with Gasteiger partial charge in [-0.1, -0.05) is 11.6 Å². The summed E-state index contributed by atoms with van der Waals surface area (Å²) < 4.78 is 10.9. The van der Waals surface area contributed by atoms with Gasteiger partial charge in [0.05, 0.1) is 17.7 Å². The Hall–Kier alpha value is -1.21. The molecule has 1 heterocycles. The maximum atomic E-state index is 11.7. The fraction of sp³-hybridized carbons (Fsp3) is 0.562. The van der Waals surface area contributed by atoms with Crippen molar-refractivity contribution in [3.05, 3.63) is 22.7 Å². The summed E-state index contributed by atoms with van der Waals surface area (Å²) in [6, 6.07) is 3.33. The minimum Gasteiger partial charge on any atom is -0.486 e. The molecule has 2 aliphatic rings. The largest absolute Gasteiger partial charge is 0.486 e. The first-order valence-electron chi connectivity index (χ1n) is 7.88. The summed E-state index contributed by atoms with van der Waals surface area (Å²) in [5.41, 5.74) is 0.588. The van der Waals surface area contributed by atoms with Gasteiger partial charge in [0.1, 0.15) is 13.2 Å². The highest BCUT2D eigenvalue weighted by molar-refractivity contribution is 6.32. The molecule has 1 atom stereocenters. The van der Waals surface area contributed by atoms with Gasteiger partial charge in [0.15, 0.2) is 11.5 Å². The van der Waals surface area contributed by atoms with E-state index in [1.54, 1.807) is 12.1 Å². The van der Waals surface area contributed by atoms with E-state index in [0.717, 1.165) is 12.5 Å². The molecule has 8 heteroatoms. The lowest BCUT2D eigenvalue weighted by atomic mass is 10.1. The Morgan fingerprint density at radius 2 is 2.08 bits per heavy atom. The van der Waals surface area contributed by atoms with Crippen LogP contribution in [0.4, 0.5) is 0 Å². The normalized spacial score (nSPS) is 16.9. The lowest BCUT2D eigenvalue weighted by Gasteiger charge is -2.21. The highest BCUT2D eigenvalue weighted by Crippen LogP contribution is 2.39. The van der Waals surface area contributed by atoms with Crippen molar-refractivity contribution in [3.63, 3.8) is 0 Å². The summed E-state index contributed by atoms with van der Waals surface area (Å²) in [5, 5.41) is 16.4. The Morgan fingerprint density at radius 1 is 1.33 bits per heavy atom. The monoisotopic (exact) mass is 376 g/mol. The summed E-state index contributed by atoms with van der Waals surface area (Å²) in [4.78, 5) is 11.7. The first-order chi connectivity index (χ1) is 11.1. The number of aliphatic hydroxyl groups excluding tert-OH is 1. The molecule has 1 unspecified atom stereocenters. The van der Waals surface area contributed by atoms with Crippen LogP contribution in [-0.2, 0) is 4.79 Å². The van der Waals surface area contributed by atoms with Crippen LogP contribution in [0.2, 0.25) is 5.02 Å². The highest BCUT2D eigenvalue weighted by Gasteiger charge is 2.21. The third-order valence-corrected chi connectivity index (χ3v) is 4.19. The van der Waals surface area contributed by atoms with Gasteiger partial charge in [0.2, 0.25) is 5.91 Å². The Bertz CT molecular complexity index is 581. The second-order valence-electron chi connectivity index (χ2n) is 5.92. The number of carbonyl (C=O) groups excluding carboxylic acids is 1. The van der Waals surface area contributed by atoms with Gasteiger partial charge in [0.25, 0.3) is 0 Å². The number of aliphatic hydroxyl groups is 1. The molecule has 1 aromatic carbocycles. The van der Waals surface area contributed by atoms with Crippen LogP contribution in [0.5, 0.6) is 11.5 Å². The molecular weight excluding hydrogens is 355 g/mol. The van der Waals surface area contributed by atoms with Gasteiger partial charge in [0, 0.05) is 6.54 Å². The summed E-state index contributed by atoms with van der Waals surface area (Å²) in [6.07, 6.45) is 1.65. The van der Waals surface area contributed by atoms with Crippen LogP contribution in [0.1, 0.15) is 24.5 Å². The van der Waals surface area contributed by atoms with Gasteiger partial charge in [-0.3, -0.25) is 4.79 Å². The van der Waals surface area contributed by atoms with E-state index in [2.05, 4.69) is 10.6 Å². The predicted octanol–water partition coefficient (Wildman–Crippen LogP) is 1.68. The zero-order valence-electron chi connectivity index (χ0n) is 13.2. The SMILES string of the molecule is Cl.O=C(CNCC1CC1)NCC(O)c1cc(Cl)c2c(c1)OCCO2. The molecule has 1 aliphatic carbocycles. The van der Waals surface area contributed by atoms with Crippen molar-refractivity contribution in [3.8, 4) is 11.5 Å². The van der Waals surface area contributed by atoms with Crippen LogP contribution in [0.25, 0.3) is 0 Å². The lowest BCUT2D eigenvalue weighted by Crippen LogP contribution is -2.36. The van der Waals surface area contributed by atoms with Gasteiger partial charge < -0.3 is 25.2 Å². The lowest BCUT2D eigenvalue weighted by molar-refractivity contribution is -0.120. The van der Waals surface area contributed by atoms with Crippen molar-refractivity contribution in [2.75, 3.05) is 32.8 Å². The number of hydrogen-bond donors (Lipinski definition) is 3. The van der Waals surface area contributed by atoms with Gasteiger partial charge in [-0.25, -0.2) is 0 Å². The minimum atomic E-state index is -0.851. The van der Waals surface area contributed by atoms with Crippen molar-refractivity contribution in [2.45, 2.75) is 18.9 Å². The van der Waals surface area contributed by atoms with Crippen molar-refractivity contribution in [1.29, 1.82) is 0 Å². The quantitative estimate of drug-likeness (QED) is 0.674. The maximum Gasteiger partial charge on any atom is 0.234 e. The number of benzene rings is 1. The van der Waals surface area contributed by atoms with E-state index in [1.165, 1.54) is 12.8 Å². The van der Waals surface area contributed by atoms with Crippen molar-refractivity contribution in [1.82, 2.24) is 10.6 Å². The van der Waals surface area contributed by atoms with Crippen LogP contribution in [-0.4, -0.2) is 43.9 Å². The summed E-state index contributed by atoms with van der Waals surface area (Å²) >= 11 is 6.14. The van der Waals surface area contributed by atoms with Crippen molar-refractivity contribution in [2.24, 2.45) is 5.92 Å². The highest BCUT2D eigenvalue weighted by atomic mass is 35.5. The first-order valence-corrected chi connectivity index (χ1v) is 8.26. The molecule has 6 nitrogen and oxygen atoms in total. The number of ether oxygens (including phenoxy) is 2. The second kappa shape index (κ2) is 8.76. The third-order valence-electron chi connectivity index (χ3n) is 3.91. The Morgan fingerprint density at radius 3 is 2.83 bits per heavy atom. The number of carbonyl (C=O) groups is 1. The molecule has 1 aliphatic heterocycles. The van der Waals surface area contributed by atoms with Crippen LogP contribution < -0.4 is 20.1 Å². The van der Waals surface area contributed by atoms with Crippen LogP contribution >= 0.6 is 24.0 Å². The molecular formula is C16H22Cl2N2O4. The average molecular weight is 377 g/mol. The van der Waals surface area contributed by atoms with E-state index in [4.69, 9.17) is 21.1 Å². The van der Waals surface area contributed by atoms with Gasteiger partial charge in [-0.2, -0.15) is 0 Å². The van der Waals surface area contributed by atoms with E-state index >= 15 is 0 Å². The smallest absolute Gasteiger partial charge is 0.234 e. The molecule has 1 amide bonds. The van der Waals surface area contributed by atoms with Gasteiger partial charge in [-0.15, -0.1) is 12.4 Å². The molecule has 134 valence electrons. The number of amides is 1. The molecule has 1 aromatic rings. The van der Waals surface area contributed by atoms with E-state index in [0.29, 0.717) is 35.3 Å². The Kier molecular flexibility index (Phi) is 6.98. The molecule has 3 N–H and O–H groups in total. The molecule has 3 rings (SSSR count). The van der Waals surface area contributed by atoms with Crippen molar-refractivity contribution >= 4 is 29.9 Å². The molecule has 0 bridgehead atoms. The molecule has 0 aromatic heterocycles. The maximum absolute atomic E-state index is 11.7. The fourth-order valence-electron chi connectivity index (χ4n) is 2.43.